The molecule has 5 nitrogen and oxygen atoms in total. The van der Waals surface area contributed by atoms with Crippen molar-refractivity contribution in [3.05, 3.63) is 374 Å². The number of hydrogen-bond acceptors (Lipinski definition) is 5. The Labute approximate surface area is 680 Å². The van der Waals surface area contributed by atoms with Crippen LogP contribution in [0.25, 0.3) is 49.2 Å². The fourth-order valence-corrected chi connectivity index (χ4v) is 13.2. The van der Waals surface area contributed by atoms with Crippen LogP contribution in [-0.2, 0) is 29.2 Å². The number of rotatable bonds is 20. The van der Waals surface area contributed by atoms with Crippen LogP contribution in [0.15, 0.2) is 310 Å². The Morgan fingerprint density at radius 1 is 0.514 bits per heavy atom. The molecule has 12 aromatic carbocycles. The molecule has 0 saturated carbocycles. The van der Waals surface area contributed by atoms with Crippen molar-refractivity contribution < 1.29 is 80.4 Å². The van der Waals surface area contributed by atoms with Gasteiger partial charge >= 0.3 is 68.5 Å². The van der Waals surface area contributed by atoms with Gasteiger partial charge in [-0.05, 0) is 149 Å². The molecule has 13 rings (SSSR count). The van der Waals surface area contributed by atoms with E-state index in [1.54, 1.807) is 6.92 Å². The van der Waals surface area contributed by atoms with Crippen LogP contribution in [0, 0.1) is 24.7 Å². The van der Waals surface area contributed by atoms with E-state index in [1.165, 1.54) is 127 Å². The minimum atomic E-state index is -0.651. The predicted octanol–water partition coefficient (Wildman–Crippen LogP) is 17.8. The monoisotopic (exact) mass is 1400 g/mol. The van der Waals surface area contributed by atoms with Gasteiger partial charge in [0.2, 0.25) is 0 Å². The maximum absolute atomic E-state index is 12.9. The zero-order chi connectivity index (χ0) is 73.7. The molecule has 0 aliphatic carbocycles. The van der Waals surface area contributed by atoms with Gasteiger partial charge < -0.3 is 21.1 Å². The second-order valence-electron chi connectivity index (χ2n) is 26.9. The molecule has 12 aromatic rings. The van der Waals surface area contributed by atoms with E-state index in [2.05, 4.69) is 350 Å². The van der Waals surface area contributed by atoms with E-state index in [1.807, 2.05) is 19.9 Å². The summed E-state index contributed by atoms with van der Waals surface area (Å²) in [5, 5.41) is 10.4. The second kappa shape index (κ2) is 50.3. The van der Waals surface area contributed by atoms with Crippen molar-refractivity contribution in [1.29, 1.82) is 0 Å². The third-order valence-electron chi connectivity index (χ3n) is 18.8. The molecular formula is C99H113Li3O5. The first kappa shape index (κ1) is 92.8. The topological polar surface area (TPSA) is 61.8 Å². The van der Waals surface area contributed by atoms with Crippen LogP contribution in [0.5, 0.6) is 0 Å². The molecule has 8 heteroatoms. The molecule has 0 spiro atoms. The maximum atomic E-state index is 12.9. The second-order valence-corrected chi connectivity index (χ2v) is 26.9. The SMILES string of the molecule is C.C1CCOC1.C=C(C)C(=O)OC.C=Cc1ccc2ccccc2c1.CCC(CC(CC(C)(C)C(=O)OC)(c1ccccc1)c1ccccc1)c1ccc2ccccc2c1.CCC(C[C-](c1ccccc1)c1ccccc1)c1ccc2ccccc2c1.CC[CH-]c1ccc2ccccc2c1.[CH2-]CCC.[Li+].[Li+].[Li+]. The van der Waals surface area contributed by atoms with Gasteiger partial charge in [0, 0.05) is 24.2 Å². The number of ether oxygens (including phenoxy) is 3. The third-order valence-corrected chi connectivity index (χ3v) is 18.8. The Morgan fingerprint density at radius 2 is 0.888 bits per heavy atom. The number of hydrogen-bond donors (Lipinski definition) is 0. The largest absolute Gasteiger partial charge is 1.00 e. The average molecular weight is 1400 g/mol. The minimum absolute atomic E-state index is 0. The zero-order valence-electron chi connectivity index (χ0n) is 65.7. The van der Waals surface area contributed by atoms with Gasteiger partial charge in [0.25, 0.3) is 0 Å². The molecule has 0 amide bonds. The third kappa shape index (κ3) is 28.9. The summed E-state index contributed by atoms with van der Waals surface area (Å²) in [6.45, 7) is 27.2. The van der Waals surface area contributed by atoms with Crippen molar-refractivity contribution in [3.8, 4) is 0 Å². The van der Waals surface area contributed by atoms with Crippen LogP contribution in [0.4, 0.5) is 0 Å². The number of esters is 2. The van der Waals surface area contributed by atoms with Crippen molar-refractivity contribution in [2.24, 2.45) is 5.41 Å². The first-order chi connectivity index (χ1) is 50.1. The van der Waals surface area contributed by atoms with E-state index >= 15 is 0 Å². The molecule has 0 aromatic heterocycles. The van der Waals surface area contributed by atoms with E-state index in [0.29, 0.717) is 23.8 Å². The smallest absolute Gasteiger partial charge is 0.469 e. The van der Waals surface area contributed by atoms with Gasteiger partial charge in [-0.1, -0.05) is 315 Å². The molecular weight excluding hydrogens is 1290 g/mol. The fourth-order valence-electron chi connectivity index (χ4n) is 13.2. The molecule has 1 aliphatic heterocycles. The summed E-state index contributed by atoms with van der Waals surface area (Å²) in [4.78, 5) is 23.1. The van der Waals surface area contributed by atoms with Crippen LogP contribution in [0.2, 0.25) is 0 Å². The number of carbonyl (C=O) groups is 2. The first-order valence-corrected chi connectivity index (χ1v) is 36.8. The van der Waals surface area contributed by atoms with E-state index in [0.717, 1.165) is 51.7 Å². The van der Waals surface area contributed by atoms with Crippen LogP contribution < -0.4 is 56.6 Å². The van der Waals surface area contributed by atoms with Crippen molar-refractivity contribution in [2.45, 2.75) is 137 Å². The maximum Gasteiger partial charge on any atom is 1.00 e. The number of benzene rings is 12. The average Bonchev–Trinajstić information content (AvgIpc) is 0.888. The number of methoxy groups -OCH3 is 2. The standard InChI is InChI=1S/C33H36O2.C27H25.C13H13.C12H10.C5H8O2.C4H8O.C4H9.CH4.3Li/c1-5-25(28-21-20-26-14-12-13-15-27(26)22-28)23-33(29-16-8-6-9-17-29,30-18-10-7-11-19-30)24-32(2,3)31(34)35-4;1-2-21(26-18-17-22-11-9-10-16-25(22)19-26)20-27(23-12-5-3-6-13-23)24-14-7-4-8-15-24;1-2-5-11-8-9-12-6-3-4-7-13(12)10-11;1-2-10-7-8-11-5-3-4-6-12(11)9-10;1-4(2)5(6)7-3;1-2-4-5-3-1;1-3-4-2;;;;/h6-22,25H,5,23-24H2,1-4H3;3-19,21H,2,20H2,1H3;3-10H,2H2,1H3;2-9H,1H2;1H2,2-3H3;1-4H2;1,3-4H2,2H3;1H4;;;/q;2*-1;;;;-1;;3*+1. The van der Waals surface area contributed by atoms with Gasteiger partial charge in [0.15, 0.2) is 0 Å². The van der Waals surface area contributed by atoms with E-state index in [9.17, 15) is 9.59 Å². The summed E-state index contributed by atoms with van der Waals surface area (Å²) in [7, 11) is 2.82. The van der Waals surface area contributed by atoms with Gasteiger partial charge in [-0.3, -0.25) is 4.79 Å². The van der Waals surface area contributed by atoms with Crippen LogP contribution >= 0.6 is 0 Å². The molecule has 1 fully saturated rings. The first-order valence-electron chi connectivity index (χ1n) is 36.8. The van der Waals surface area contributed by atoms with Crippen LogP contribution in [-0.4, -0.2) is 39.4 Å². The molecule has 1 heterocycles. The number of fused-ring (bicyclic) bond motifs is 4. The zero-order valence-corrected chi connectivity index (χ0v) is 65.7. The van der Waals surface area contributed by atoms with Gasteiger partial charge in [-0.25, -0.2) is 4.79 Å². The predicted molar refractivity (Wildman–Crippen MR) is 447 cm³/mol. The molecule has 0 radical (unpaired) electrons. The van der Waals surface area contributed by atoms with Gasteiger partial charge in [-0.15, -0.1) is 47.4 Å². The summed E-state index contributed by atoms with van der Waals surface area (Å²) in [6.07, 6.45) is 14.8. The van der Waals surface area contributed by atoms with Crippen molar-refractivity contribution in [3.63, 3.8) is 0 Å². The van der Waals surface area contributed by atoms with Gasteiger partial charge in [0.05, 0.1) is 19.6 Å². The molecule has 1 saturated heterocycles. The van der Waals surface area contributed by atoms with Crippen LogP contribution in [0.1, 0.15) is 176 Å². The molecule has 0 N–H and O–H groups in total. The molecule has 2 unspecified atom stereocenters. The van der Waals surface area contributed by atoms with Crippen molar-refractivity contribution in [2.75, 3.05) is 27.4 Å². The summed E-state index contributed by atoms with van der Waals surface area (Å²) in [5.74, 6) is 1.74. The molecule has 2 atom stereocenters. The van der Waals surface area contributed by atoms with Crippen molar-refractivity contribution in [1.82, 2.24) is 0 Å². The molecule has 0 bridgehead atoms. The van der Waals surface area contributed by atoms with E-state index in [-0.39, 0.29) is 81.4 Å². The van der Waals surface area contributed by atoms with Crippen LogP contribution in [0.3, 0.4) is 0 Å². The Bertz CT molecular complexity index is 4390. The summed E-state index contributed by atoms with van der Waals surface area (Å²) < 4.78 is 14.5. The Balaban J connectivity index is 0.000000362. The van der Waals surface area contributed by atoms with Gasteiger partial charge in [0.1, 0.15) is 0 Å². The van der Waals surface area contributed by atoms with E-state index in [4.69, 9.17) is 9.47 Å². The molecule has 542 valence electrons. The Hall–Kier alpha value is -8.41. The summed E-state index contributed by atoms with van der Waals surface area (Å²) in [6, 6.07) is 104. The molecule has 107 heavy (non-hydrogen) atoms. The summed E-state index contributed by atoms with van der Waals surface area (Å²) >= 11 is 0. The Morgan fingerprint density at radius 3 is 1.24 bits per heavy atom. The quantitative estimate of drug-likeness (QED) is 0.0329. The number of unbranched alkanes of at least 4 members (excludes halogenated alkanes) is 1. The minimum Gasteiger partial charge on any atom is -0.469 e. The fraction of sp³-hybridized carbons (Fsp3) is 0.263. The normalized spacial score (nSPS) is 11.5. The molecule has 1 aliphatic rings. The Kier molecular flexibility index (Phi) is 43.6. The number of carbonyl (C=O) groups excluding carboxylic acids is 2. The summed E-state index contributed by atoms with van der Waals surface area (Å²) in [5.41, 5.74) is 9.82. The van der Waals surface area contributed by atoms with Crippen molar-refractivity contribution >= 4 is 61.1 Å². The van der Waals surface area contributed by atoms with Gasteiger partial charge in [-0.2, -0.15) is 30.5 Å². The van der Waals surface area contributed by atoms with E-state index < -0.39 is 5.41 Å².